The van der Waals surface area contributed by atoms with E-state index >= 15 is 0 Å². The van der Waals surface area contributed by atoms with Gasteiger partial charge >= 0.3 is 0 Å². The minimum Gasteiger partial charge on any atom is -0.472 e. The van der Waals surface area contributed by atoms with Crippen LogP contribution in [0.4, 0.5) is 0 Å². The van der Waals surface area contributed by atoms with E-state index in [1.807, 2.05) is 43.4 Å². The summed E-state index contributed by atoms with van der Waals surface area (Å²) in [6.45, 7) is 0.539. The van der Waals surface area contributed by atoms with Crippen LogP contribution in [0.25, 0.3) is 0 Å². The molecule has 0 bridgehead atoms. The number of ether oxygens (including phenoxy) is 1. The lowest BCUT2D eigenvalue weighted by atomic mass is 10.2. The molecular weight excluding hydrogens is 202 g/mol. The second-order valence-electron chi connectivity index (χ2n) is 3.52. The van der Waals surface area contributed by atoms with Crippen LogP contribution in [0.3, 0.4) is 0 Å². The fourth-order valence-electron chi connectivity index (χ4n) is 1.53. The molecule has 0 amide bonds. The van der Waals surface area contributed by atoms with Gasteiger partial charge in [0.15, 0.2) is 0 Å². The maximum atomic E-state index is 5.75. The van der Waals surface area contributed by atoms with E-state index in [-0.39, 0.29) is 6.23 Å². The van der Waals surface area contributed by atoms with Gasteiger partial charge in [0.2, 0.25) is 0 Å². The summed E-state index contributed by atoms with van der Waals surface area (Å²) in [6, 6.07) is 12.0. The van der Waals surface area contributed by atoms with Crippen molar-refractivity contribution in [3.63, 3.8) is 0 Å². The average Bonchev–Trinajstić information content (AvgIpc) is 2.84. The number of furan rings is 1. The average molecular weight is 217 g/mol. The maximum absolute atomic E-state index is 5.75. The highest BCUT2D eigenvalue weighted by Gasteiger charge is 2.08. The molecule has 1 aromatic carbocycles. The summed E-state index contributed by atoms with van der Waals surface area (Å²) >= 11 is 0. The number of nitrogens with one attached hydrogen (secondary N) is 1. The lowest BCUT2D eigenvalue weighted by Crippen LogP contribution is -2.19. The summed E-state index contributed by atoms with van der Waals surface area (Å²) in [6.07, 6.45) is 3.25. The first-order valence-electron chi connectivity index (χ1n) is 5.25. The first-order chi connectivity index (χ1) is 7.90. The van der Waals surface area contributed by atoms with Crippen molar-refractivity contribution >= 4 is 0 Å². The predicted molar refractivity (Wildman–Crippen MR) is 61.7 cm³/mol. The van der Waals surface area contributed by atoms with Crippen LogP contribution < -0.4 is 5.32 Å². The number of hydrogen-bond donors (Lipinski definition) is 1. The third-order valence-electron chi connectivity index (χ3n) is 2.36. The summed E-state index contributed by atoms with van der Waals surface area (Å²) in [5, 5.41) is 3.13. The van der Waals surface area contributed by atoms with Gasteiger partial charge in [-0.2, -0.15) is 0 Å². The fraction of sp³-hybridized carbons (Fsp3) is 0.231. The summed E-state index contributed by atoms with van der Waals surface area (Å²) in [4.78, 5) is 0. The molecule has 2 rings (SSSR count). The molecule has 0 aliphatic heterocycles. The molecule has 0 fully saturated rings. The molecule has 1 heterocycles. The van der Waals surface area contributed by atoms with Gasteiger partial charge in [0, 0.05) is 5.56 Å². The fourth-order valence-corrected chi connectivity index (χ4v) is 1.53. The molecule has 0 radical (unpaired) electrons. The van der Waals surface area contributed by atoms with E-state index in [4.69, 9.17) is 9.15 Å². The lowest BCUT2D eigenvalue weighted by Gasteiger charge is -2.16. The SMILES string of the molecule is CNC(OCc1ccoc1)c1ccccc1. The van der Waals surface area contributed by atoms with E-state index in [0.29, 0.717) is 6.61 Å². The normalized spacial score (nSPS) is 12.6. The molecule has 0 aliphatic rings. The third-order valence-corrected chi connectivity index (χ3v) is 2.36. The molecule has 84 valence electrons. The van der Waals surface area contributed by atoms with Crippen molar-refractivity contribution in [2.24, 2.45) is 0 Å². The predicted octanol–water partition coefficient (Wildman–Crippen LogP) is 2.71. The van der Waals surface area contributed by atoms with Crippen molar-refractivity contribution in [2.45, 2.75) is 12.8 Å². The van der Waals surface area contributed by atoms with Gasteiger partial charge in [-0.15, -0.1) is 0 Å². The largest absolute Gasteiger partial charge is 0.472 e. The van der Waals surface area contributed by atoms with E-state index in [1.54, 1.807) is 12.5 Å². The Labute approximate surface area is 95.0 Å². The first-order valence-corrected chi connectivity index (χ1v) is 5.25. The molecule has 0 aliphatic carbocycles. The van der Waals surface area contributed by atoms with Crippen molar-refractivity contribution < 1.29 is 9.15 Å². The molecule has 16 heavy (non-hydrogen) atoms. The van der Waals surface area contributed by atoms with E-state index in [0.717, 1.165) is 11.1 Å². The standard InChI is InChI=1S/C13H15NO2/c1-14-13(12-5-3-2-4-6-12)16-10-11-7-8-15-9-11/h2-9,13-14H,10H2,1H3. The summed E-state index contributed by atoms with van der Waals surface area (Å²) in [7, 11) is 1.88. The highest BCUT2D eigenvalue weighted by molar-refractivity contribution is 5.17. The van der Waals surface area contributed by atoms with Crippen LogP contribution in [0.5, 0.6) is 0 Å². The Morgan fingerprint density at radius 2 is 2.06 bits per heavy atom. The summed E-state index contributed by atoms with van der Waals surface area (Å²) in [5.74, 6) is 0. The Morgan fingerprint density at radius 3 is 2.69 bits per heavy atom. The van der Waals surface area contributed by atoms with E-state index in [1.165, 1.54) is 0 Å². The van der Waals surface area contributed by atoms with Gasteiger partial charge in [-0.3, -0.25) is 5.32 Å². The van der Waals surface area contributed by atoms with Gasteiger partial charge in [-0.25, -0.2) is 0 Å². The zero-order valence-electron chi connectivity index (χ0n) is 9.22. The van der Waals surface area contributed by atoms with Gasteiger partial charge < -0.3 is 9.15 Å². The van der Waals surface area contributed by atoms with Crippen molar-refractivity contribution in [3.05, 3.63) is 60.1 Å². The second-order valence-corrected chi connectivity index (χ2v) is 3.52. The minimum absolute atomic E-state index is 0.0869. The molecule has 1 unspecified atom stereocenters. The Balaban J connectivity index is 1.96. The highest BCUT2D eigenvalue weighted by atomic mass is 16.5. The van der Waals surface area contributed by atoms with Crippen LogP contribution in [0, 0.1) is 0 Å². The van der Waals surface area contributed by atoms with E-state index in [9.17, 15) is 0 Å². The Morgan fingerprint density at radius 1 is 1.25 bits per heavy atom. The van der Waals surface area contributed by atoms with Gasteiger partial charge in [0.25, 0.3) is 0 Å². The first kappa shape index (κ1) is 10.9. The third kappa shape index (κ3) is 2.72. The maximum Gasteiger partial charge on any atom is 0.134 e. The molecule has 3 heteroatoms. The molecule has 3 nitrogen and oxygen atoms in total. The molecule has 0 saturated heterocycles. The van der Waals surface area contributed by atoms with Gasteiger partial charge in [0.1, 0.15) is 6.23 Å². The zero-order chi connectivity index (χ0) is 11.2. The smallest absolute Gasteiger partial charge is 0.134 e. The van der Waals surface area contributed by atoms with Gasteiger partial charge in [-0.05, 0) is 18.7 Å². The van der Waals surface area contributed by atoms with E-state index in [2.05, 4.69) is 5.32 Å². The van der Waals surface area contributed by atoms with Crippen LogP contribution in [-0.2, 0) is 11.3 Å². The van der Waals surface area contributed by atoms with Crippen LogP contribution in [0.15, 0.2) is 53.3 Å². The van der Waals surface area contributed by atoms with Gasteiger partial charge in [0.05, 0.1) is 19.1 Å². The summed E-state index contributed by atoms with van der Waals surface area (Å²) < 4.78 is 10.7. The van der Waals surface area contributed by atoms with E-state index < -0.39 is 0 Å². The summed E-state index contributed by atoms with van der Waals surface area (Å²) in [5.41, 5.74) is 2.16. The molecule has 2 aromatic rings. The molecule has 1 N–H and O–H groups in total. The minimum atomic E-state index is -0.0869. The Kier molecular flexibility index (Phi) is 3.75. The van der Waals surface area contributed by atoms with Crippen LogP contribution >= 0.6 is 0 Å². The van der Waals surface area contributed by atoms with Crippen molar-refractivity contribution in [3.8, 4) is 0 Å². The Bertz CT molecular complexity index is 397. The molecule has 1 aromatic heterocycles. The van der Waals surface area contributed by atoms with Crippen LogP contribution in [-0.4, -0.2) is 7.05 Å². The number of benzene rings is 1. The van der Waals surface area contributed by atoms with Crippen molar-refractivity contribution in [1.29, 1.82) is 0 Å². The molecule has 0 spiro atoms. The Hall–Kier alpha value is -1.58. The zero-order valence-corrected chi connectivity index (χ0v) is 9.22. The van der Waals surface area contributed by atoms with Crippen LogP contribution in [0.1, 0.15) is 17.4 Å². The van der Waals surface area contributed by atoms with Crippen LogP contribution in [0.2, 0.25) is 0 Å². The highest BCUT2D eigenvalue weighted by Crippen LogP contribution is 2.15. The lowest BCUT2D eigenvalue weighted by molar-refractivity contribution is 0.0212. The second kappa shape index (κ2) is 5.49. The van der Waals surface area contributed by atoms with Crippen molar-refractivity contribution in [1.82, 2.24) is 5.32 Å². The monoisotopic (exact) mass is 217 g/mol. The quantitative estimate of drug-likeness (QED) is 0.782. The topological polar surface area (TPSA) is 34.4 Å². The number of hydrogen-bond acceptors (Lipinski definition) is 3. The van der Waals surface area contributed by atoms with Gasteiger partial charge in [-0.1, -0.05) is 30.3 Å². The molecule has 0 saturated carbocycles. The molecule has 1 atom stereocenters. The van der Waals surface area contributed by atoms with Crippen molar-refractivity contribution in [2.75, 3.05) is 7.05 Å². The molecular formula is C13H15NO2. The number of rotatable bonds is 5.